The van der Waals surface area contributed by atoms with Gasteiger partial charge in [-0.05, 0) is 97.2 Å². The number of anilines is 1. The maximum atomic E-state index is 13.4. The number of fused-ring (bicyclic) bond motifs is 4. The van der Waals surface area contributed by atoms with Crippen LogP contribution < -0.4 is 14.4 Å². The van der Waals surface area contributed by atoms with E-state index in [1.165, 1.54) is 11.1 Å². The van der Waals surface area contributed by atoms with Crippen molar-refractivity contribution in [1.82, 2.24) is 4.72 Å². The minimum absolute atomic E-state index is 0.0231. The highest BCUT2D eigenvalue weighted by atomic mass is 35.5. The third-order valence-corrected chi connectivity index (χ3v) is 12.2. The molecule has 45 heavy (non-hydrogen) atoms. The number of carbonyl (C=O) groups excluding carboxylic acids is 1. The van der Waals surface area contributed by atoms with E-state index in [1.807, 2.05) is 32.0 Å². The summed E-state index contributed by atoms with van der Waals surface area (Å²) < 4.78 is 46.9. The number of allylic oxidation sites excluding steroid dienone is 1. The van der Waals surface area contributed by atoms with E-state index in [1.54, 1.807) is 13.2 Å². The topological polar surface area (TPSA) is 94.2 Å². The molecule has 10 heteroatoms. The number of aryl methyl sites for hydroxylation is 1. The van der Waals surface area contributed by atoms with Gasteiger partial charge in [0.15, 0.2) is 0 Å². The minimum atomic E-state index is -3.87. The molecule has 1 fully saturated rings. The number of nitrogens with zero attached hydrogens (tertiary/aromatic N) is 1. The molecule has 4 aliphatic rings. The van der Waals surface area contributed by atoms with Crippen LogP contribution in [0.4, 0.5) is 5.69 Å². The normalized spacial score (nSPS) is 31.9. The van der Waals surface area contributed by atoms with Gasteiger partial charge < -0.3 is 19.1 Å². The molecule has 1 spiro atoms. The quantitative estimate of drug-likeness (QED) is 0.330. The number of halogens is 1. The monoisotopic (exact) mass is 656 g/mol. The van der Waals surface area contributed by atoms with Crippen LogP contribution in [0.5, 0.6) is 5.75 Å². The van der Waals surface area contributed by atoms with Crippen molar-refractivity contribution in [3.8, 4) is 5.75 Å². The zero-order valence-corrected chi connectivity index (χ0v) is 28.0. The molecule has 0 aromatic heterocycles. The molecule has 2 aromatic carbocycles. The van der Waals surface area contributed by atoms with Gasteiger partial charge in [-0.15, -0.1) is 0 Å². The predicted molar refractivity (Wildman–Crippen MR) is 177 cm³/mol. The fourth-order valence-electron chi connectivity index (χ4n) is 7.60. The Kier molecular flexibility index (Phi) is 9.53. The summed E-state index contributed by atoms with van der Waals surface area (Å²) in [5.74, 6) is 0.394. The molecule has 2 heterocycles. The average Bonchev–Trinajstić information content (AvgIpc) is 3.13. The third kappa shape index (κ3) is 6.92. The maximum absolute atomic E-state index is 13.4. The number of carbonyl (C=O) groups is 1. The number of hydrogen-bond donors (Lipinski definition) is 1. The Morgan fingerprint density at radius 2 is 1.96 bits per heavy atom. The van der Waals surface area contributed by atoms with Gasteiger partial charge in [-0.1, -0.05) is 43.7 Å². The smallest absolute Gasteiger partial charge is 0.264 e. The summed E-state index contributed by atoms with van der Waals surface area (Å²) in [4.78, 5) is 15.8. The number of ether oxygens (including phenoxy) is 3. The Morgan fingerprint density at radius 3 is 2.73 bits per heavy atom. The van der Waals surface area contributed by atoms with E-state index in [-0.39, 0.29) is 29.1 Å². The van der Waals surface area contributed by atoms with Gasteiger partial charge in [-0.3, -0.25) is 4.79 Å². The SMILES string of the molecule is COCCO[C@@H]1/C=C\[C@@H](C)[C@@H](C)CS(=O)(=O)NC(=O)c2ccc3c(c2)N(C[C@@H]2CC[C@H]21)C[C@@]1(CCCc2cc(Cl)ccc21)CO3. The fourth-order valence-corrected chi connectivity index (χ4v) is 9.27. The summed E-state index contributed by atoms with van der Waals surface area (Å²) in [5, 5.41) is 0.743. The third-order valence-electron chi connectivity index (χ3n) is 10.5. The van der Waals surface area contributed by atoms with E-state index in [0.717, 1.165) is 55.9 Å². The van der Waals surface area contributed by atoms with Gasteiger partial charge in [0.1, 0.15) is 5.75 Å². The van der Waals surface area contributed by atoms with Crippen molar-refractivity contribution in [2.45, 2.75) is 57.5 Å². The van der Waals surface area contributed by atoms with Crippen molar-refractivity contribution in [2.24, 2.45) is 23.7 Å². The molecule has 2 bridgehead atoms. The number of sulfonamides is 1. The number of hydrogen-bond acceptors (Lipinski definition) is 7. The van der Waals surface area contributed by atoms with Crippen molar-refractivity contribution >= 4 is 33.2 Å². The van der Waals surface area contributed by atoms with Crippen molar-refractivity contribution in [3.63, 3.8) is 0 Å². The van der Waals surface area contributed by atoms with Crippen LogP contribution in [0.15, 0.2) is 48.6 Å². The first-order valence-electron chi connectivity index (χ1n) is 16.2. The number of nitrogens with one attached hydrogen (secondary N) is 1. The molecule has 1 N–H and O–H groups in total. The molecule has 0 radical (unpaired) electrons. The Hall–Kier alpha value is -2.59. The molecule has 244 valence electrons. The summed E-state index contributed by atoms with van der Waals surface area (Å²) in [7, 11) is -2.19. The van der Waals surface area contributed by atoms with Crippen LogP contribution in [0.3, 0.4) is 0 Å². The van der Waals surface area contributed by atoms with E-state index >= 15 is 0 Å². The van der Waals surface area contributed by atoms with Crippen molar-refractivity contribution in [3.05, 3.63) is 70.3 Å². The largest absolute Gasteiger partial charge is 0.490 e. The first-order chi connectivity index (χ1) is 21.6. The lowest BCUT2D eigenvalue weighted by Crippen LogP contribution is -2.49. The van der Waals surface area contributed by atoms with E-state index in [9.17, 15) is 13.2 Å². The Balaban J connectivity index is 1.41. The lowest BCUT2D eigenvalue weighted by molar-refractivity contribution is -0.0311. The van der Waals surface area contributed by atoms with Crippen molar-refractivity contribution in [2.75, 3.05) is 50.7 Å². The minimum Gasteiger partial charge on any atom is -0.490 e. The highest BCUT2D eigenvalue weighted by Crippen LogP contribution is 2.47. The molecule has 1 amide bonds. The molecule has 0 unspecified atom stereocenters. The molecule has 2 aromatic rings. The molecular weight excluding hydrogens is 612 g/mol. The highest BCUT2D eigenvalue weighted by Gasteiger charge is 2.44. The molecule has 2 aliphatic heterocycles. The van der Waals surface area contributed by atoms with Gasteiger partial charge in [-0.25, -0.2) is 13.1 Å². The van der Waals surface area contributed by atoms with Crippen LogP contribution in [-0.2, 0) is 31.3 Å². The molecule has 6 rings (SSSR count). The number of rotatable bonds is 4. The fraction of sp³-hybridized carbons (Fsp3) is 0.571. The van der Waals surface area contributed by atoms with Crippen LogP contribution in [0.2, 0.25) is 5.02 Å². The summed E-state index contributed by atoms with van der Waals surface area (Å²) in [6, 6.07) is 11.5. The van der Waals surface area contributed by atoms with Crippen LogP contribution in [0.1, 0.15) is 61.0 Å². The molecule has 8 nitrogen and oxygen atoms in total. The van der Waals surface area contributed by atoms with Crippen LogP contribution in [0.25, 0.3) is 0 Å². The van der Waals surface area contributed by atoms with Crippen LogP contribution >= 0.6 is 11.6 Å². The predicted octanol–water partition coefficient (Wildman–Crippen LogP) is 5.77. The van der Waals surface area contributed by atoms with E-state index in [0.29, 0.717) is 43.0 Å². The van der Waals surface area contributed by atoms with E-state index < -0.39 is 15.9 Å². The highest BCUT2D eigenvalue weighted by molar-refractivity contribution is 7.90. The number of amides is 1. The molecule has 6 atom stereocenters. The van der Waals surface area contributed by atoms with Gasteiger partial charge in [0.05, 0.1) is 37.4 Å². The van der Waals surface area contributed by atoms with Gasteiger partial charge in [0.2, 0.25) is 10.0 Å². The van der Waals surface area contributed by atoms with Crippen LogP contribution in [-0.4, -0.2) is 66.2 Å². The molecule has 1 saturated carbocycles. The van der Waals surface area contributed by atoms with Gasteiger partial charge >= 0.3 is 0 Å². The summed E-state index contributed by atoms with van der Waals surface area (Å²) in [5.41, 5.74) is 3.42. The summed E-state index contributed by atoms with van der Waals surface area (Å²) in [6.45, 7) is 6.94. The zero-order valence-electron chi connectivity index (χ0n) is 26.5. The number of benzene rings is 2. The van der Waals surface area contributed by atoms with Gasteiger partial charge in [0, 0.05) is 36.2 Å². The van der Waals surface area contributed by atoms with Crippen molar-refractivity contribution < 1.29 is 27.4 Å². The Bertz CT molecular complexity index is 1550. The van der Waals surface area contributed by atoms with E-state index in [2.05, 4.69) is 33.9 Å². The van der Waals surface area contributed by atoms with E-state index in [4.69, 9.17) is 25.8 Å². The number of methoxy groups -OCH3 is 1. The lowest BCUT2D eigenvalue weighted by Gasteiger charge is -2.46. The second kappa shape index (κ2) is 13.3. The summed E-state index contributed by atoms with van der Waals surface area (Å²) >= 11 is 6.43. The molecule has 0 saturated heterocycles. The second-order valence-corrected chi connectivity index (χ2v) is 15.8. The maximum Gasteiger partial charge on any atom is 0.264 e. The first-order valence-corrected chi connectivity index (χ1v) is 18.2. The Morgan fingerprint density at radius 1 is 1.11 bits per heavy atom. The van der Waals surface area contributed by atoms with Gasteiger partial charge in [0.25, 0.3) is 5.91 Å². The molecular formula is C35H45ClN2O6S. The van der Waals surface area contributed by atoms with Gasteiger partial charge in [-0.2, -0.15) is 0 Å². The summed E-state index contributed by atoms with van der Waals surface area (Å²) in [6.07, 6.45) is 9.25. The zero-order chi connectivity index (χ0) is 31.8. The van der Waals surface area contributed by atoms with Crippen LogP contribution in [0, 0.1) is 23.7 Å². The average molecular weight is 657 g/mol. The Labute approximate surface area is 272 Å². The lowest BCUT2D eigenvalue weighted by atomic mass is 9.68. The van der Waals surface area contributed by atoms with Crippen molar-refractivity contribution in [1.29, 1.82) is 0 Å². The molecule has 2 aliphatic carbocycles. The first kappa shape index (κ1) is 32.4. The second-order valence-electron chi connectivity index (χ2n) is 13.6. The standard InChI is InChI=1S/C35H45ClN2O6S/c1-23-6-12-32(43-16-15-42-3)29-10-7-27(29)19-38-21-35(14-4-5-25-17-28(36)9-11-30(25)35)22-44-33-13-8-26(18-31(33)38)34(39)37-45(40,41)20-24(23)2/h6,8-9,11-13,17-18,23-24,27,29,32H,4-5,7,10,14-16,19-22H2,1-3H3,(H,37,39)/b12-6-/t23-,24+,27+,29-,32-,35+/m1/s1.